The Hall–Kier alpha value is -14.6. The summed E-state index contributed by atoms with van der Waals surface area (Å²) in [5, 5.41) is 12.0. The lowest BCUT2D eigenvalue weighted by Crippen LogP contribution is -2.00. The summed E-state index contributed by atoms with van der Waals surface area (Å²) in [6, 6.07) is 135. The summed E-state index contributed by atoms with van der Waals surface area (Å²) in [6.07, 6.45) is 0. The van der Waals surface area contributed by atoms with E-state index in [-0.39, 0.29) is 0 Å². The van der Waals surface area contributed by atoms with Gasteiger partial charge in [-0.05, 0) is 113 Å². The Labute approximate surface area is 624 Å². The maximum Gasteiger partial charge on any atom is 0.164 e. The van der Waals surface area contributed by atoms with Crippen molar-refractivity contribution in [3.05, 3.63) is 388 Å². The van der Waals surface area contributed by atoms with Gasteiger partial charge in [0, 0.05) is 66.1 Å². The quantitative estimate of drug-likeness (QED) is 0.0880. The van der Waals surface area contributed by atoms with Crippen LogP contribution in [0.4, 0.5) is 0 Å². The molecule has 0 amide bonds. The smallest absolute Gasteiger partial charge is 0.164 e. The minimum absolute atomic E-state index is 0.629. The summed E-state index contributed by atoms with van der Waals surface area (Å²) in [4.78, 5) is 40.3. The van der Waals surface area contributed by atoms with Crippen molar-refractivity contribution in [3.63, 3.8) is 0 Å². The molecule has 0 unspecified atom stereocenters. The highest BCUT2D eigenvalue weighted by atomic mass is 15.0. The van der Waals surface area contributed by atoms with Crippen LogP contribution >= 0.6 is 0 Å². The van der Waals surface area contributed by atoms with E-state index in [1.807, 2.05) is 72.8 Å². The van der Waals surface area contributed by atoms with Crippen molar-refractivity contribution in [3.8, 4) is 135 Å². The molecule has 0 N–H and O–H groups in total. The minimum atomic E-state index is 0.629. The molecule has 20 rings (SSSR count). The fourth-order valence-electron chi connectivity index (χ4n) is 14.6. The van der Waals surface area contributed by atoms with Crippen molar-refractivity contribution < 1.29 is 0 Å². The SMILES string of the molecule is c1ccc(-c2ccc(-c3nc(-c4ccccc4)nc(-c4ccc(-c5cccc(-c6nc7ccccc7c7cc8ccccc8cc67)c5)cc4)n3)cc2)cc1.c1ccc(-c2ccc(-c3nc(-c4ccccc4)nc(-c4cccc(-c5ccc(-c6ccc7ccc8c9ccccc9ccc8c7n6)cc5)c4)n3)cc2)cc1. The molecule has 4 aromatic heterocycles. The van der Waals surface area contributed by atoms with E-state index in [9.17, 15) is 0 Å². The predicted molar refractivity (Wildman–Crippen MR) is 446 cm³/mol. The number of fused-ring (bicyclic) bond motifs is 9. The highest BCUT2D eigenvalue weighted by Crippen LogP contribution is 2.40. The molecular weight excluding hydrogens is 1310 g/mol. The van der Waals surface area contributed by atoms with Crippen LogP contribution in [0.5, 0.6) is 0 Å². The van der Waals surface area contributed by atoms with Gasteiger partial charge in [-0.15, -0.1) is 0 Å². The second-order valence-electron chi connectivity index (χ2n) is 27.0. The third-order valence-corrected chi connectivity index (χ3v) is 20.2. The van der Waals surface area contributed by atoms with Gasteiger partial charge in [0.15, 0.2) is 34.9 Å². The van der Waals surface area contributed by atoms with Gasteiger partial charge in [-0.1, -0.05) is 352 Å². The number of hydrogen-bond donors (Lipinski definition) is 0. The molecule has 0 radical (unpaired) electrons. The second kappa shape index (κ2) is 28.2. The largest absolute Gasteiger partial charge is 0.247 e. The zero-order valence-electron chi connectivity index (χ0n) is 58.5. The van der Waals surface area contributed by atoms with Crippen molar-refractivity contribution in [2.24, 2.45) is 0 Å². The van der Waals surface area contributed by atoms with Crippen LogP contribution in [-0.2, 0) is 0 Å². The first-order valence-electron chi connectivity index (χ1n) is 36.3. The minimum Gasteiger partial charge on any atom is -0.247 e. The Morgan fingerprint density at radius 2 is 0.472 bits per heavy atom. The van der Waals surface area contributed by atoms with Crippen LogP contribution in [0.1, 0.15) is 0 Å². The fraction of sp³-hybridized carbons (Fsp3) is 0. The molecule has 0 saturated heterocycles. The average Bonchev–Trinajstić information content (AvgIpc) is 0.754. The summed E-state index contributed by atoms with van der Waals surface area (Å²) in [7, 11) is 0. The molecular formula is C100H64N8. The average molecular weight is 1380 g/mol. The van der Waals surface area contributed by atoms with Crippen molar-refractivity contribution in [2.45, 2.75) is 0 Å². The van der Waals surface area contributed by atoms with E-state index in [0.717, 1.165) is 116 Å². The summed E-state index contributed by atoms with van der Waals surface area (Å²) in [6.45, 7) is 0. The van der Waals surface area contributed by atoms with Crippen LogP contribution in [-0.4, -0.2) is 39.9 Å². The summed E-state index contributed by atoms with van der Waals surface area (Å²) >= 11 is 0. The zero-order valence-corrected chi connectivity index (χ0v) is 58.5. The Balaban J connectivity index is 0.000000147. The molecule has 0 aliphatic heterocycles. The Bertz CT molecular complexity index is 6740. The lowest BCUT2D eigenvalue weighted by molar-refractivity contribution is 1.07. The highest BCUT2D eigenvalue weighted by Gasteiger charge is 2.19. The van der Waals surface area contributed by atoms with Gasteiger partial charge in [-0.2, -0.15) is 0 Å². The van der Waals surface area contributed by atoms with Crippen LogP contribution in [0.2, 0.25) is 0 Å². The van der Waals surface area contributed by atoms with Gasteiger partial charge in [0.05, 0.1) is 22.4 Å². The molecule has 4 heterocycles. The molecule has 16 aromatic carbocycles. The third-order valence-electron chi connectivity index (χ3n) is 20.2. The summed E-state index contributed by atoms with van der Waals surface area (Å²) in [5.41, 5.74) is 20.7. The van der Waals surface area contributed by atoms with Gasteiger partial charge in [0.25, 0.3) is 0 Å². The van der Waals surface area contributed by atoms with E-state index < -0.39 is 0 Å². The van der Waals surface area contributed by atoms with Gasteiger partial charge in [-0.25, -0.2) is 39.9 Å². The molecule has 0 spiro atoms. The molecule has 0 atom stereocenters. The maximum atomic E-state index is 5.23. The van der Waals surface area contributed by atoms with Gasteiger partial charge < -0.3 is 0 Å². The van der Waals surface area contributed by atoms with Crippen molar-refractivity contribution >= 4 is 64.9 Å². The van der Waals surface area contributed by atoms with E-state index in [1.165, 1.54) is 48.8 Å². The molecule has 0 aliphatic rings. The highest BCUT2D eigenvalue weighted by molar-refractivity contribution is 6.17. The van der Waals surface area contributed by atoms with Crippen LogP contribution in [0, 0.1) is 0 Å². The van der Waals surface area contributed by atoms with Crippen LogP contribution in [0.15, 0.2) is 388 Å². The molecule has 504 valence electrons. The molecule has 0 aliphatic carbocycles. The Morgan fingerprint density at radius 3 is 0.991 bits per heavy atom. The van der Waals surface area contributed by atoms with Crippen LogP contribution < -0.4 is 0 Å². The number of rotatable bonds is 12. The number of aromatic nitrogens is 8. The monoisotopic (exact) mass is 1380 g/mol. The summed E-state index contributed by atoms with van der Waals surface area (Å²) < 4.78 is 0. The summed E-state index contributed by atoms with van der Waals surface area (Å²) in [5.74, 6) is 3.81. The molecule has 8 nitrogen and oxygen atoms in total. The standard InChI is InChI=1S/2C50H32N4/c1-3-12-33(13-4-1)34-22-26-37(27-23-34)49-52-48(36-14-5-2-6-15-36)53-50(54-49)38-28-24-35(25-29-38)39-18-11-19-42(30-39)47-45-32-41-17-8-7-16-40(41)31-44(45)43-20-9-10-21-46(43)51-47;1-3-10-33(11-4-1)34-20-24-40(25-21-34)49-52-48(39-13-5-2-6-14-39)53-50(54-49)42-16-9-15-41(32-42)35-18-22-37(23-19-35)46-31-28-38-27-29-44-43-17-8-7-12-36(43)26-30-45(44)47(38)51-46/h2*1-32H. The maximum absolute atomic E-state index is 5.23. The van der Waals surface area contributed by atoms with E-state index in [2.05, 4.69) is 315 Å². The van der Waals surface area contributed by atoms with Crippen molar-refractivity contribution in [1.29, 1.82) is 0 Å². The second-order valence-corrected chi connectivity index (χ2v) is 27.0. The van der Waals surface area contributed by atoms with Crippen LogP contribution in [0.25, 0.3) is 200 Å². The predicted octanol–water partition coefficient (Wildman–Crippen LogP) is 25.5. The first kappa shape index (κ1) is 64.3. The number of benzene rings is 16. The van der Waals surface area contributed by atoms with Gasteiger partial charge in [-0.3, -0.25) is 0 Å². The lowest BCUT2D eigenvalue weighted by atomic mass is 9.95. The van der Waals surface area contributed by atoms with E-state index in [4.69, 9.17) is 39.9 Å². The number of para-hydroxylation sites is 1. The van der Waals surface area contributed by atoms with Crippen LogP contribution in [0.3, 0.4) is 0 Å². The molecule has 108 heavy (non-hydrogen) atoms. The first-order valence-corrected chi connectivity index (χ1v) is 36.3. The van der Waals surface area contributed by atoms with Gasteiger partial charge in [0.2, 0.25) is 0 Å². The van der Waals surface area contributed by atoms with Crippen molar-refractivity contribution in [1.82, 2.24) is 39.9 Å². The number of nitrogens with zero attached hydrogens (tertiary/aromatic N) is 8. The van der Waals surface area contributed by atoms with E-state index >= 15 is 0 Å². The number of pyridine rings is 2. The number of hydrogen-bond acceptors (Lipinski definition) is 8. The zero-order chi connectivity index (χ0) is 71.7. The van der Waals surface area contributed by atoms with Crippen molar-refractivity contribution in [2.75, 3.05) is 0 Å². The topological polar surface area (TPSA) is 103 Å². The Morgan fingerprint density at radius 1 is 0.139 bits per heavy atom. The van der Waals surface area contributed by atoms with E-state index in [0.29, 0.717) is 34.9 Å². The van der Waals surface area contributed by atoms with Gasteiger partial charge >= 0.3 is 0 Å². The molecule has 0 bridgehead atoms. The molecule has 0 saturated carbocycles. The normalized spacial score (nSPS) is 11.3. The molecule has 8 heteroatoms. The third kappa shape index (κ3) is 12.8. The lowest BCUT2D eigenvalue weighted by Gasteiger charge is -2.13. The molecule has 20 aromatic rings. The Kier molecular flexibility index (Phi) is 16.8. The van der Waals surface area contributed by atoms with E-state index in [1.54, 1.807) is 0 Å². The fourth-order valence-corrected chi connectivity index (χ4v) is 14.6. The molecule has 0 fully saturated rings. The first-order chi connectivity index (χ1) is 53.5. The van der Waals surface area contributed by atoms with Gasteiger partial charge in [0.1, 0.15) is 0 Å².